The van der Waals surface area contributed by atoms with Gasteiger partial charge in [-0.05, 0) is 31.0 Å². The lowest BCUT2D eigenvalue weighted by atomic mass is 10.2. The normalized spacial score (nSPS) is 14.1. The third-order valence-electron chi connectivity index (χ3n) is 4.03. The summed E-state index contributed by atoms with van der Waals surface area (Å²) in [5.41, 5.74) is 3.00. The van der Waals surface area contributed by atoms with Crippen molar-refractivity contribution < 1.29 is 4.74 Å². The lowest BCUT2D eigenvalue weighted by Crippen LogP contribution is -2.37. The van der Waals surface area contributed by atoms with E-state index in [1.54, 1.807) is 0 Å². The van der Waals surface area contributed by atoms with Crippen molar-refractivity contribution in [1.29, 1.82) is 0 Å². The second kappa shape index (κ2) is 9.22. The van der Waals surface area contributed by atoms with E-state index in [-0.39, 0.29) is 12.4 Å². The fraction of sp³-hybridized carbons (Fsp3) is 0.444. The van der Waals surface area contributed by atoms with Gasteiger partial charge in [-0.2, -0.15) is 4.98 Å². The van der Waals surface area contributed by atoms with Crippen LogP contribution in [0.1, 0.15) is 24.6 Å². The molecule has 3 rings (SSSR count). The smallest absolute Gasteiger partial charge is 0.229 e. The van der Waals surface area contributed by atoms with Gasteiger partial charge in [0, 0.05) is 35.6 Å². The first-order chi connectivity index (χ1) is 11.7. The first-order valence-corrected chi connectivity index (χ1v) is 8.77. The average Bonchev–Trinajstić information content (AvgIpc) is 2.59. The Bertz CT molecular complexity index is 705. The van der Waals surface area contributed by atoms with Crippen molar-refractivity contribution in [2.24, 2.45) is 0 Å². The number of anilines is 3. The number of aryl methyl sites for hydroxylation is 2. The van der Waals surface area contributed by atoms with Crippen molar-refractivity contribution in [3.05, 3.63) is 40.5 Å². The van der Waals surface area contributed by atoms with E-state index in [2.05, 4.69) is 28.2 Å². The van der Waals surface area contributed by atoms with Gasteiger partial charge >= 0.3 is 0 Å². The summed E-state index contributed by atoms with van der Waals surface area (Å²) in [6.07, 6.45) is 1.98. The highest BCUT2D eigenvalue weighted by Crippen LogP contribution is 2.24. The maximum Gasteiger partial charge on any atom is 0.229 e. The van der Waals surface area contributed by atoms with E-state index in [9.17, 15) is 0 Å². The average molecular weight is 383 g/mol. The summed E-state index contributed by atoms with van der Waals surface area (Å²) < 4.78 is 5.43. The Morgan fingerprint density at radius 3 is 2.64 bits per heavy atom. The third-order valence-corrected chi connectivity index (χ3v) is 4.44. The molecule has 2 aromatic rings. The summed E-state index contributed by atoms with van der Waals surface area (Å²) in [4.78, 5) is 11.6. The standard InChI is InChI=1S/C18H23ClN4O.ClH/c1-3-4-14-12-17(23-7-9-24-10-8-23)22-18(20-14)21-15-6-5-13(2)16(19)11-15;/h5-6,11-12H,3-4,7-10H2,1-2H3,(H,20,21,22);1H. The van der Waals surface area contributed by atoms with Crippen LogP contribution < -0.4 is 10.2 Å². The highest BCUT2D eigenvalue weighted by Gasteiger charge is 2.15. The number of benzene rings is 1. The maximum absolute atomic E-state index is 6.21. The number of hydrogen-bond donors (Lipinski definition) is 1. The molecule has 1 N–H and O–H groups in total. The minimum absolute atomic E-state index is 0. The van der Waals surface area contributed by atoms with Crippen molar-refractivity contribution in [2.45, 2.75) is 26.7 Å². The van der Waals surface area contributed by atoms with Gasteiger partial charge in [0.1, 0.15) is 5.82 Å². The van der Waals surface area contributed by atoms with Crippen molar-refractivity contribution in [3.63, 3.8) is 0 Å². The molecule has 136 valence electrons. The van der Waals surface area contributed by atoms with Crippen molar-refractivity contribution in [3.8, 4) is 0 Å². The summed E-state index contributed by atoms with van der Waals surface area (Å²) in [5.74, 6) is 1.57. The van der Waals surface area contributed by atoms with Gasteiger partial charge in [-0.1, -0.05) is 31.0 Å². The summed E-state index contributed by atoms with van der Waals surface area (Å²) in [6.45, 7) is 7.34. The molecular weight excluding hydrogens is 359 g/mol. The van der Waals surface area contributed by atoms with Gasteiger partial charge in [-0.15, -0.1) is 12.4 Å². The molecule has 1 saturated heterocycles. The number of halogens is 2. The summed E-state index contributed by atoms with van der Waals surface area (Å²) >= 11 is 6.21. The number of morpholine rings is 1. The van der Waals surface area contributed by atoms with E-state index in [1.807, 2.05) is 25.1 Å². The molecule has 2 heterocycles. The lowest BCUT2D eigenvalue weighted by molar-refractivity contribution is 0.122. The summed E-state index contributed by atoms with van der Waals surface area (Å²) in [7, 11) is 0. The summed E-state index contributed by atoms with van der Waals surface area (Å²) in [5, 5.41) is 4.02. The van der Waals surface area contributed by atoms with E-state index in [0.717, 1.165) is 66.9 Å². The molecule has 0 aliphatic carbocycles. The molecule has 0 amide bonds. The molecule has 1 aromatic heterocycles. The van der Waals surface area contributed by atoms with Gasteiger partial charge < -0.3 is 15.0 Å². The molecule has 0 bridgehead atoms. The number of nitrogens with one attached hydrogen (secondary N) is 1. The van der Waals surface area contributed by atoms with Crippen LogP contribution in [0.2, 0.25) is 5.02 Å². The van der Waals surface area contributed by atoms with Gasteiger partial charge in [0.2, 0.25) is 5.95 Å². The molecule has 1 aliphatic rings. The monoisotopic (exact) mass is 382 g/mol. The molecule has 0 unspecified atom stereocenters. The molecule has 5 nitrogen and oxygen atoms in total. The Labute approximate surface area is 160 Å². The van der Waals surface area contributed by atoms with Crippen molar-refractivity contribution >= 4 is 41.5 Å². The Morgan fingerprint density at radius 2 is 1.96 bits per heavy atom. The van der Waals surface area contributed by atoms with Crippen LogP contribution in [-0.4, -0.2) is 36.3 Å². The van der Waals surface area contributed by atoms with Crippen molar-refractivity contribution in [2.75, 3.05) is 36.5 Å². The molecule has 0 radical (unpaired) electrons. The SMILES string of the molecule is CCCc1cc(N2CCOCC2)nc(Nc2ccc(C)c(Cl)c2)n1.Cl. The third kappa shape index (κ3) is 5.21. The van der Waals surface area contributed by atoms with E-state index < -0.39 is 0 Å². The van der Waals surface area contributed by atoms with Gasteiger partial charge in [0.05, 0.1) is 13.2 Å². The minimum Gasteiger partial charge on any atom is -0.378 e. The Morgan fingerprint density at radius 1 is 1.20 bits per heavy atom. The number of ether oxygens (including phenoxy) is 1. The largest absolute Gasteiger partial charge is 0.378 e. The molecule has 25 heavy (non-hydrogen) atoms. The highest BCUT2D eigenvalue weighted by atomic mass is 35.5. The molecule has 1 aromatic carbocycles. The first kappa shape index (κ1) is 19.8. The van der Waals surface area contributed by atoms with Crippen molar-refractivity contribution in [1.82, 2.24) is 9.97 Å². The van der Waals surface area contributed by atoms with Crippen LogP contribution in [0.4, 0.5) is 17.5 Å². The Hall–Kier alpha value is -1.56. The van der Waals surface area contributed by atoms with Crippen LogP contribution in [0.25, 0.3) is 0 Å². The van der Waals surface area contributed by atoms with Gasteiger partial charge in [0.15, 0.2) is 0 Å². The molecular formula is C18H24Cl2N4O. The molecule has 1 fully saturated rings. The number of nitrogens with zero attached hydrogens (tertiary/aromatic N) is 3. The van der Waals surface area contributed by atoms with Crippen LogP contribution >= 0.6 is 24.0 Å². The second-order valence-corrected chi connectivity index (χ2v) is 6.39. The molecule has 1 aliphatic heterocycles. The quantitative estimate of drug-likeness (QED) is 0.830. The molecule has 0 atom stereocenters. The fourth-order valence-electron chi connectivity index (χ4n) is 2.68. The van der Waals surface area contributed by atoms with E-state index in [0.29, 0.717) is 5.95 Å². The Balaban J connectivity index is 0.00000225. The fourth-order valence-corrected chi connectivity index (χ4v) is 2.86. The Kier molecular flexibility index (Phi) is 7.29. The van der Waals surface area contributed by atoms with Gasteiger partial charge in [-0.3, -0.25) is 0 Å². The van der Waals surface area contributed by atoms with Crippen LogP contribution in [0.5, 0.6) is 0 Å². The lowest BCUT2D eigenvalue weighted by Gasteiger charge is -2.28. The van der Waals surface area contributed by atoms with Crippen LogP contribution in [0.3, 0.4) is 0 Å². The van der Waals surface area contributed by atoms with E-state index >= 15 is 0 Å². The van der Waals surface area contributed by atoms with E-state index in [4.69, 9.17) is 21.3 Å². The maximum atomic E-state index is 6.21. The predicted molar refractivity (Wildman–Crippen MR) is 106 cm³/mol. The van der Waals surface area contributed by atoms with Gasteiger partial charge in [0.25, 0.3) is 0 Å². The topological polar surface area (TPSA) is 50.3 Å². The minimum atomic E-state index is 0. The van der Waals surface area contributed by atoms with Crippen LogP contribution in [0.15, 0.2) is 24.3 Å². The molecule has 0 saturated carbocycles. The number of aromatic nitrogens is 2. The zero-order valence-electron chi connectivity index (χ0n) is 14.6. The zero-order valence-corrected chi connectivity index (χ0v) is 16.2. The number of hydrogen-bond acceptors (Lipinski definition) is 5. The molecule has 7 heteroatoms. The number of rotatable bonds is 5. The first-order valence-electron chi connectivity index (χ1n) is 8.39. The van der Waals surface area contributed by atoms with Crippen LogP contribution in [-0.2, 0) is 11.2 Å². The van der Waals surface area contributed by atoms with E-state index in [1.165, 1.54) is 0 Å². The second-order valence-electron chi connectivity index (χ2n) is 5.98. The zero-order chi connectivity index (χ0) is 16.9. The highest BCUT2D eigenvalue weighted by molar-refractivity contribution is 6.31. The summed E-state index contributed by atoms with van der Waals surface area (Å²) in [6, 6.07) is 7.97. The van der Waals surface area contributed by atoms with Gasteiger partial charge in [-0.25, -0.2) is 4.98 Å². The predicted octanol–water partition coefficient (Wildman–Crippen LogP) is 4.39. The van der Waals surface area contributed by atoms with Crippen LogP contribution in [0, 0.1) is 6.92 Å². The molecule has 0 spiro atoms.